The van der Waals surface area contributed by atoms with E-state index in [1.807, 2.05) is 52.0 Å². The number of aliphatic hydroxyl groups is 1. The van der Waals surface area contributed by atoms with Crippen LogP contribution in [0.4, 0.5) is 11.4 Å². The summed E-state index contributed by atoms with van der Waals surface area (Å²) < 4.78 is 23.7. The van der Waals surface area contributed by atoms with Crippen LogP contribution in [0.25, 0.3) is 0 Å². The third-order valence-corrected chi connectivity index (χ3v) is 8.89. The normalized spacial score (nSPS) is 19.9. The van der Waals surface area contributed by atoms with Crippen molar-refractivity contribution in [2.24, 2.45) is 11.8 Å². The molecule has 0 heterocycles. The number of Topliss-reactive ketones (excluding diaryl/α,β-unsaturated/α-hetero) is 1. The highest BCUT2D eigenvalue weighted by Crippen LogP contribution is 2.48. The number of amides is 2. The lowest BCUT2D eigenvalue weighted by Crippen LogP contribution is -2.56. The maximum atomic E-state index is 14.4. The Kier molecular flexibility index (Phi) is 12.0. The van der Waals surface area contributed by atoms with Gasteiger partial charge in [-0.3, -0.25) is 14.4 Å². The van der Waals surface area contributed by atoms with E-state index in [9.17, 15) is 19.5 Å². The Labute approximate surface area is 299 Å². The number of anilines is 2. The van der Waals surface area contributed by atoms with Gasteiger partial charge in [0, 0.05) is 12.3 Å². The summed E-state index contributed by atoms with van der Waals surface area (Å²) in [6, 6.07) is 27.0. The molecule has 268 valence electrons. The summed E-state index contributed by atoms with van der Waals surface area (Å²) in [6.07, 6.45) is -0.421. The van der Waals surface area contributed by atoms with Crippen molar-refractivity contribution in [3.63, 3.8) is 0 Å². The number of nitrogens with one attached hydrogen (secondary N) is 2. The van der Waals surface area contributed by atoms with Crippen molar-refractivity contribution >= 4 is 29.0 Å². The summed E-state index contributed by atoms with van der Waals surface area (Å²) in [5, 5.41) is 17.7. The van der Waals surface area contributed by atoms with Gasteiger partial charge < -0.3 is 34.7 Å². The molecule has 0 aromatic heterocycles. The van der Waals surface area contributed by atoms with Crippen LogP contribution in [0.3, 0.4) is 0 Å². The lowest BCUT2D eigenvalue weighted by atomic mass is 9.61. The first kappa shape index (κ1) is 36.9. The Bertz CT molecular complexity index is 1840. The molecule has 1 aliphatic carbocycles. The van der Waals surface area contributed by atoms with Crippen LogP contribution in [0.1, 0.15) is 56.7 Å². The highest BCUT2D eigenvalue weighted by atomic mass is 16.5. The highest BCUT2D eigenvalue weighted by Gasteiger charge is 2.56. The Balaban J connectivity index is 1.58. The van der Waals surface area contributed by atoms with Crippen LogP contribution in [-0.4, -0.2) is 48.1 Å². The van der Waals surface area contributed by atoms with E-state index in [0.717, 1.165) is 11.1 Å². The molecule has 10 heteroatoms. The molecule has 0 saturated heterocycles. The summed E-state index contributed by atoms with van der Waals surface area (Å²) in [5.41, 5.74) is 1.52. The standard InChI is InChI=1S/C41H46N2O8/c1-6-48-32-15-11-9-13-29(32)42-39(45)37-31(44)24-41(5,47)38(40(46)43-30-14-10-12-16-33(30)49-7-2)36(37)28-21-22-34(35(23-28)50-8-3)51-25-27-19-17-26(4)18-20-27/h9-23,36-38,47H,6-8,24-25H2,1-5H3,(H,42,45)(H,43,46). The quantitative estimate of drug-likeness (QED) is 0.119. The second-order valence-electron chi connectivity index (χ2n) is 12.7. The fourth-order valence-corrected chi connectivity index (χ4v) is 6.58. The van der Waals surface area contributed by atoms with E-state index in [0.29, 0.717) is 59.8 Å². The minimum Gasteiger partial charge on any atom is -0.492 e. The number of hydrogen-bond acceptors (Lipinski definition) is 8. The Morgan fingerprint density at radius 2 is 1.27 bits per heavy atom. The molecule has 4 atom stereocenters. The topological polar surface area (TPSA) is 132 Å². The number of benzene rings is 4. The zero-order valence-corrected chi connectivity index (χ0v) is 29.7. The number of hydrogen-bond donors (Lipinski definition) is 3. The smallest absolute Gasteiger partial charge is 0.235 e. The molecule has 0 bridgehead atoms. The van der Waals surface area contributed by atoms with E-state index in [1.165, 1.54) is 6.92 Å². The summed E-state index contributed by atoms with van der Waals surface area (Å²) in [7, 11) is 0. The summed E-state index contributed by atoms with van der Waals surface area (Å²) >= 11 is 0. The zero-order chi connectivity index (χ0) is 36.5. The number of ketones is 1. The van der Waals surface area contributed by atoms with Crippen molar-refractivity contribution < 1.29 is 38.4 Å². The number of carbonyl (C=O) groups excluding carboxylic acids is 3. The zero-order valence-electron chi connectivity index (χ0n) is 29.7. The average Bonchev–Trinajstić information content (AvgIpc) is 3.09. The fraction of sp³-hybridized carbons (Fsp3) is 0.341. The molecule has 51 heavy (non-hydrogen) atoms. The first-order valence-corrected chi connectivity index (χ1v) is 17.3. The van der Waals surface area contributed by atoms with Crippen molar-refractivity contribution in [1.82, 2.24) is 0 Å². The molecule has 0 radical (unpaired) electrons. The van der Waals surface area contributed by atoms with Gasteiger partial charge in [0.25, 0.3) is 0 Å². The van der Waals surface area contributed by atoms with Crippen LogP contribution in [0.15, 0.2) is 91.0 Å². The second kappa shape index (κ2) is 16.6. The lowest BCUT2D eigenvalue weighted by molar-refractivity contribution is -0.150. The van der Waals surface area contributed by atoms with Crippen molar-refractivity contribution in [1.29, 1.82) is 0 Å². The number of rotatable bonds is 14. The van der Waals surface area contributed by atoms with Crippen molar-refractivity contribution in [2.45, 2.75) is 59.2 Å². The second-order valence-corrected chi connectivity index (χ2v) is 12.7. The molecule has 4 aromatic rings. The molecular formula is C41H46N2O8. The monoisotopic (exact) mass is 694 g/mol. The van der Waals surface area contributed by atoms with Crippen molar-refractivity contribution in [3.05, 3.63) is 108 Å². The van der Waals surface area contributed by atoms with Crippen LogP contribution in [0.2, 0.25) is 0 Å². The largest absolute Gasteiger partial charge is 0.492 e. The molecule has 0 aliphatic heterocycles. The molecule has 10 nitrogen and oxygen atoms in total. The first-order valence-electron chi connectivity index (χ1n) is 17.3. The summed E-state index contributed by atoms with van der Waals surface area (Å²) in [4.78, 5) is 42.7. The molecule has 2 amide bonds. The van der Waals surface area contributed by atoms with E-state index < -0.39 is 47.4 Å². The van der Waals surface area contributed by atoms with Gasteiger partial charge in [0.2, 0.25) is 11.8 Å². The molecule has 1 aliphatic rings. The highest BCUT2D eigenvalue weighted by molar-refractivity contribution is 6.11. The van der Waals surface area contributed by atoms with Gasteiger partial charge >= 0.3 is 0 Å². The Morgan fingerprint density at radius 3 is 1.86 bits per heavy atom. The number of aryl methyl sites for hydroxylation is 1. The third kappa shape index (κ3) is 8.69. The average molecular weight is 695 g/mol. The SMILES string of the molecule is CCOc1ccccc1NC(=O)C1C(=O)CC(C)(O)C(C(=O)Nc2ccccc2OCC)C1c1ccc(OCc2ccc(C)cc2)c(OCC)c1. The fourth-order valence-electron chi connectivity index (χ4n) is 6.58. The summed E-state index contributed by atoms with van der Waals surface area (Å²) in [5.74, 6) is -3.70. The van der Waals surface area contributed by atoms with E-state index in [-0.39, 0.29) is 6.61 Å². The maximum absolute atomic E-state index is 14.4. The van der Waals surface area contributed by atoms with Gasteiger partial charge in [-0.1, -0.05) is 60.2 Å². The Hall–Kier alpha value is -5.35. The van der Waals surface area contributed by atoms with Gasteiger partial charge in [0.15, 0.2) is 11.5 Å². The van der Waals surface area contributed by atoms with Gasteiger partial charge in [-0.05, 0) is 82.1 Å². The first-order chi connectivity index (χ1) is 24.6. The molecule has 4 unspecified atom stereocenters. The third-order valence-electron chi connectivity index (χ3n) is 8.89. The Morgan fingerprint density at radius 1 is 0.725 bits per heavy atom. The number of carbonyl (C=O) groups is 3. The van der Waals surface area contributed by atoms with Crippen LogP contribution in [-0.2, 0) is 21.0 Å². The molecular weight excluding hydrogens is 648 g/mol. The number of ether oxygens (including phenoxy) is 4. The molecule has 5 rings (SSSR count). The van der Waals surface area contributed by atoms with E-state index >= 15 is 0 Å². The van der Waals surface area contributed by atoms with E-state index in [1.54, 1.807) is 66.7 Å². The van der Waals surface area contributed by atoms with Gasteiger partial charge in [-0.25, -0.2) is 0 Å². The van der Waals surface area contributed by atoms with Crippen molar-refractivity contribution in [2.75, 3.05) is 30.5 Å². The van der Waals surface area contributed by atoms with Gasteiger partial charge in [-0.15, -0.1) is 0 Å². The molecule has 4 aromatic carbocycles. The minimum atomic E-state index is -1.82. The predicted octanol–water partition coefficient (Wildman–Crippen LogP) is 7.09. The maximum Gasteiger partial charge on any atom is 0.235 e. The van der Waals surface area contributed by atoms with Gasteiger partial charge in [-0.2, -0.15) is 0 Å². The van der Waals surface area contributed by atoms with Gasteiger partial charge in [0.1, 0.15) is 29.8 Å². The van der Waals surface area contributed by atoms with Crippen LogP contribution in [0.5, 0.6) is 23.0 Å². The molecule has 1 fully saturated rings. The number of para-hydroxylation sites is 4. The summed E-state index contributed by atoms with van der Waals surface area (Å²) in [6.45, 7) is 10.3. The van der Waals surface area contributed by atoms with Gasteiger partial charge in [0.05, 0.1) is 42.7 Å². The molecule has 1 saturated carbocycles. The molecule has 3 N–H and O–H groups in total. The minimum absolute atomic E-state index is 0.283. The van der Waals surface area contributed by atoms with E-state index in [4.69, 9.17) is 18.9 Å². The van der Waals surface area contributed by atoms with Crippen LogP contribution < -0.4 is 29.6 Å². The van der Waals surface area contributed by atoms with Crippen LogP contribution >= 0.6 is 0 Å². The lowest BCUT2D eigenvalue weighted by Gasteiger charge is -2.44. The molecule has 0 spiro atoms. The van der Waals surface area contributed by atoms with E-state index in [2.05, 4.69) is 10.6 Å². The van der Waals surface area contributed by atoms with Crippen LogP contribution in [0, 0.1) is 18.8 Å². The predicted molar refractivity (Wildman–Crippen MR) is 196 cm³/mol. The van der Waals surface area contributed by atoms with Crippen molar-refractivity contribution in [3.8, 4) is 23.0 Å².